The predicted molar refractivity (Wildman–Crippen MR) is 241 cm³/mol. The van der Waals surface area contributed by atoms with Crippen LogP contribution in [-0.2, 0) is 71.4 Å². The lowest BCUT2D eigenvalue weighted by atomic mass is 9.99. The minimum atomic E-state index is -5.68. The van der Waals surface area contributed by atoms with E-state index in [4.69, 9.17) is 53.2 Å². The number of anilines is 2. The van der Waals surface area contributed by atoms with Crippen molar-refractivity contribution in [1.82, 2.24) is 43.6 Å². The zero-order valence-corrected chi connectivity index (χ0v) is 42.0. The highest BCUT2D eigenvalue weighted by Crippen LogP contribution is 2.66. The number of aliphatic hydroxyl groups excluding tert-OH is 3. The fourth-order valence-corrected chi connectivity index (χ4v) is 14.4. The van der Waals surface area contributed by atoms with Crippen molar-refractivity contribution >= 4 is 64.9 Å². The number of nitrogens with one attached hydrogen (secondary N) is 2. The number of nitrogens with zero attached hydrogens (tertiary/aromatic N) is 8. The number of H-pyrrole nitrogens is 2. The number of rotatable bonds is 21. The van der Waals surface area contributed by atoms with Gasteiger partial charge in [0, 0.05) is 32.4 Å². The van der Waals surface area contributed by atoms with Crippen molar-refractivity contribution in [1.29, 1.82) is 0 Å². The van der Waals surface area contributed by atoms with Crippen LogP contribution < -0.4 is 32.8 Å². The number of aryl methyl sites for hydroxylation is 1. The maximum Gasteiger partial charge on any atom is 0.479 e. The molecule has 0 aromatic carbocycles. The number of nitrogens with two attached hydrogens (primary N) is 2. The van der Waals surface area contributed by atoms with E-state index in [2.05, 4.69) is 29.2 Å². The van der Waals surface area contributed by atoms with Gasteiger partial charge in [-0.1, -0.05) is 4.98 Å². The summed E-state index contributed by atoms with van der Waals surface area (Å²) in [6.45, 7) is -3.26. The van der Waals surface area contributed by atoms with E-state index in [0.717, 1.165) is 30.3 Å². The Morgan fingerprint density at radius 2 is 1.47 bits per heavy atom. The number of nitrogen functional groups attached to an aromatic ring is 2. The number of aromatic nitrogens is 10. The van der Waals surface area contributed by atoms with Crippen LogP contribution in [0, 0.1) is 5.92 Å². The first-order valence-corrected chi connectivity index (χ1v) is 27.9. The van der Waals surface area contributed by atoms with Crippen LogP contribution in [0.25, 0.3) is 22.3 Å². The molecule has 0 amide bonds. The molecule has 3 aliphatic rings. The zero-order chi connectivity index (χ0) is 53.8. The van der Waals surface area contributed by atoms with E-state index >= 15 is 0 Å². The predicted octanol–water partition coefficient (Wildman–Crippen LogP) is -3.86. The van der Waals surface area contributed by atoms with Crippen molar-refractivity contribution in [2.75, 3.05) is 58.0 Å². The van der Waals surface area contributed by atoms with Gasteiger partial charge in [-0.25, -0.2) is 37.8 Å². The lowest BCUT2D eigenvalue weighted by Crippen LogP contribution is -2.45. The Morgan fingerprint density at radius 3 is 2.18 bits per heavy atom. The summed E-state index contributed by atoms with van der Waals surface area (Å²) in [6, 6.07) is 0.933. The highest BCUT2D eigenvalue weighted by atomic mass is 31.3. The molecule has 40 heteroatoms. The summed E-state index contributed by atoms with van der Waals surface area (Å²) in [7, 11) is -18.3. The van der Waals surface area contributed by atoms with Gasteiger partial charge in [0.2, 0.25) is 11.7 Å². The van der Waals surface area contributed by atoms with Crippen molar-refractivity contribution in [2.45, 2.75) is 67.5 Å². The molecule has 3 fully saturated rings. The van der Waals surface area contributed by atoms with Gasteiger partial charge in [0.05, 0.1) is 45.9 Å². The number of aliphatic hydroxyl groups is 3. The monoisotopic (exact) mass is 1130 g/mol. The van der Waals surface area contributed by atoms with Crippen LogP contribution >= 0.6 is 30.8 Å². The largest absolute Gasteiger partial charge is 0.479 e. The molecule has 16 atom stereocenters. The number of hydrogen-bond acceptors (Lipinski definition) is 26. The van der Waals surface area contributed by atoms with Gasteiger partial charge in [0.1, 0.15) is 54.6 Å². The van der Waals surface area contributed by atoms with E-state index in [1.54, 1.807) is 0 Å². The SMILES string of the molecule is COC[C@H]1[C@@H](O)[C@H]([n+]2cn(C)c3c(=O)[nH]c(N)nc32)O[C@@H]1COP(=O)(O)OP(=O)(O)CP(=O)(O)OC[C@H]1O[C@@H](n2cnc3c(N)ncnc32)[C@H](OC)[C@@H]1OP(=O)(O)OC[C@H]1O[C@@H](n2ccc(=O)[nH]c2=O)[C@H](O)[C@@H]1O. The van der Waals surface area contributed by atoms with Crippen molar-refractivity contribution in [3.05, 3.63) is 62.4 Å². The van der Waals surface area contributed by atoms with Crippen molar-refractivity contribution in [2.24, 2.45) is 13.0 Å². The third-order valence-electron chi connectivity index (χ3n) is 11.7. The van der Waals surface area contributed by atoms with Crippen LogP contribution in [0.15, 0.2) is 45.6 Å². The molecule has 408 valence electrons. The topological polar surface area (TPSA) is 507 Å². The number of fused-ring (bicyclic) bond motifs is 2. The molecule has 13 N–H and O–H groups in total. The second-order valence-corrected chi connectivity index (χ2v) is 23.9. The normalized spacial score (nSPS) is 30.6. The molecule has 8 heterocycles. The molecule has 0 radical (unpaired) electrons. The smallest absolute Gasteiger partial charge is 0.387 e. The van der Waals surface area contributed by atoms with E-state index in [9.17, 15) is 67.5 Å². The van der Waals surface area contributed by atoms with Crippen LogP contribution in [0.2, 0.25) is 0 Å². The van der Waals surface area contributed by atoms with Gasteiger partial charge in [-0.3, -0.25) is 56.0 Å². The summed E-state index contributed by atoms with van der Waals surface area (Å²) in [5, 5.41) is 32.5. The molecule has 0 aliphatic carbocycles. The molecule has 0 saturated carbocycles. The zero-order valence-electron chi connectivity index (χ0n) is 38.4. The van der Waals surface area contributed by atoms with E-state index in [1.807, 2.05) is 4.98 Å². The highest BCUT2D eigenvalue weighted by molar-refractivity contribution is 7.74. The molecule has 0 bridgehead atoms. The Kier molecular flexibility index (Phi) is 16.1. The fourth-order valence-electron chi connectivity index (χ4n) is 8.45. The maximum absolute atomic E-state index is 13.6. The van der Waals surface area contributed by atoms with Crippen LogP contribution in [-0.4, -0.2) is 174 Å². The van der Waals surface area contributed by atoms with Gasteiger partial charge >= 0.3 is 42.2 Å². The molecule has 5 aromatic heterocycles. The Labute approximate surface area is 412 Å². The Hall–Kier alpha value is -4.58. The molecule has 4 unspecified atom stereocenters. The standard InChI is InChI=1S/C34H48N12O24P4/c1-43-12-46(28-20(43)29(51)42-33(36)41-28)30-21(48)14(6-61-2)15(66-30)7-65-74(59,60)70-72(55,56)13-71(53,54)63-9-17-24(25(62-3)32(68-17)45-11-39-19-26(35)37-10-38-27(19)45)69-73(57,58)64-8-16-22(49)23(50)31(67-16)44-5-4-18(47)40-34(44)52/h4-5,10-12,14-17,21-25,30-32,48-50H,6-9,13H2,1-3H3,(H9-,35,36,37,38,40,41,42,47,51,52,53,54,55,56,57,58,59,60)/p+1/t14-,15-,16-,17-,21-,22-,23-,24-,25-,30-,31-,32-/m1/s1. The van der Waals surface area contributed by atoms with Gasteiger partial charge in [-0.2, -0.15) is 0 Å². The molecule has 5 aromatic rings. The maximum atomic E-state index is 13.6. The molecule has 36 nitrogen and oxygen atoms in total. The summed E-state index contributed by atoms with van der Waals surface area (Å²) in [6.07, 6.45) is -12.9. The van der Waals surface area contributed by atoms with E-state index < -0.39 is 147 Å². The highest BCUT2D eigenvalue weighted by Gasteiger charge is 2.53. The van der Waals surface area contributed by atoms with Crippen LogP contribution in [0.4, 0.5) is 11.8 Å². The molecule has 3 aliphatic heterocycles. The second-order valence-electron chi connectivity index (χ2n) is 16.7. The third-order valence-corrected chi connectivity index (χ3v) is 18.4. The third kappa shape index (κ3) is 11.7. The molecule has 0 spiro atoms. The Balaban J connectivity index is 0.939. The lowest BCUT2D eigenvalue weighted by molar-refractivity contribution is -0.745. The van der Waals surface area contributed by atoms with Gasteiger partial charge in [0.15, 0.2) is 36.2 Å². The van der Waals surface area contributed by atoms with Crippen molar-refractivity contribution in [3.8, 4) is 0 Å². The first kappa shape index (κ1) is 55.6. The van der Waals surface area contributed by atoms with E-state index in [-0.39, 0.29) is 40.7 Å². The molecule has 74 heavy (non-hydrogen) atoms. The summed E-state index contributed by atoms with van der Waals surface area (Å²) in [5.41, 5.74) is 9.41. The minimum Gasteiger partial charge on any atom is -0.387 e. The van der Waals surface area contributed by atoms with Crippen molar-refractivity contribution in [3.63, 3.8) is 0 Å². The number of methoxy groups -OCH3 is 2. The number of phosphoric ester groups is 2. The summed E-state index contributed by atoms with van der Waals surface area (Å²) in [5.74, 6) is -3.20. The van der Waals surface area contributed by atoms with Crippen LogP contribution in [0.5, 0.6) is 0 Å². The number of phosphoric acid groups is 2. The van der Waals surface area contributed by atoms with Crippen molar-refractivity contribution < 1.29 is 104 Å². The Morgan fingerprint density at radius 1 is 0.784 bits per heavy atom. The average Bonchev–Trinajstić information content (AvgIpc) is 4.10. The number of ether oxygens (including phenoxy) is 5. The van der Waals surface area contributed by atoms with Crippen LogP contribution in [0.1, 0.15) is 18.7 Å². The number of aromatic amines is 2. The lowest BCUT2D eigenvalue weighted by Gasteiger charge is -2.26. The first-order chi connectivity index (χ1) is 34.7. The molecular formula is C34H49N12O24P4+. The Bertz CT molecular complexity index is 3260. The summed E-state index contributed by atoms with van der Waals surface area (Å²) < 4.78 is 111. The summed E-state index contributed by atoms with van der Waals surface area (Å²) >= 11 is 0. The van der Waals surface area contributed by atoms with Gasteiger partial charge < -0.3 is 74.6 Å². The fraction of sp³-hybridized carbons (Fsp3) is 0.588. The molecule has 3 saturated heterocycles. The molecular weight excluding hydrogens is 1080 g/mol. The van der Waals surface area contributed by atoms with E-state index in [1.165, 1.54) is 40.5 Å². The minimum absolute atomic E-state index is 0.00501. The van der Waals surface area contributed by atoms with Gasteiger partial charge in [0.25, 0.3) is 17.1 Å². The first-order valence-electron chi connectivity index (χ1n) is 21.4. The second kappa shape index (κ2) is 21.4. The van der Waals surface area contributed by atoms with Gasteiger partial charge in [-0.15, -0.1) is 0 Å². The number of imidazole rings is 2. The summed E-state index contributed by atoms with van der Waals surface area (Å²) in [4.78, 5) is 100. The quantitative estimate of drug-likeness (QED) is 0.0247. The average molecular weight is 1130 g/mol. The number of hydrogen-bond donors (Lipinski definition) is 11. The van der Waals surface area contributed by atoms with Gasteiger partial charge in [-0.05, 0) is 0 Å². The van der Waals surface area contributed by atoms with Crippen LogP contribution in [0.3, 0.4) is 0 Å². The molecule has 8 rings (SSSR count). The van der Waals surface area contributed by atoms with E-state index in [0.29, 0.717) is 0 Å².